The lowest BCUT2D eigenvalue weighted by Gasteiger charge is -2.48. The quantitative estimate of drug-likeness (QED) is 0.397. The van der Waals surface area contributed by atoms with Crippen molar-refractivity contribution in [2.45, 2.75) is 51.6 Å². The van der Waals surface area contributed by atoms with Gasteiger partial charge in [-0.3, -0.25) is 4.98 Å². The third-order valence-electron chi connectivity index (χ3n) is 7.87. The second-order valence-electron chi connectivity index (χ2n) is 10.1. The first-order valence-corrected chi connectivity index (χ1v) is 13.2. The minimum Gasteiger partial charge on any atom is -0.477 e. The number of carboxylic acid groups (broad SMARTS) is 1. The van der Waals surface area contributed by atoms with Crippen molar-refractivity contribution in [2.75, 3.05) is 13.1 Å². The summed E-state index contributed by atoms with van der Waals surface area (Å²) in [6.07, 6.45) is 12.3. The van der Waals surface area contributed by atoms with Gasteiger partial charge < -0.3 is 9.59 Å². The molecule has 0 amide bonds. The number of nitrogens with zero attached hydrogens (tertiary/aromatic N) is 2. The van der Waals surface area contributed by atoms with Crippen LogP contribution in [0.3, 0.4) is 0 Å². The van der Waals surface area contributed by atoms with Crippen LogP contribution in [0, 0.1) is 5.92 Å². The van der Waals surface area contributed by atoms with E-state index in [2.05, 4.69) is 48.3 Å². The maximum absolute atomic E-state index is 12.1. The van der Waals surface area contributed by atoms with Crippen LogP contribution in [0.25, 0.3) is 16.0 Å². The summed E-state index contributed by atoms with van der Waals surface area (Å²) in [6, 6.07) is 17.2. The van der Waals surface area contributed by atoms with Gasteiger partial charge in [0.1, 0.15) is 11.4 Å². The van der Waals surface area contributed by atoms with Gasteiger partial charge in [0.15, 0.2) is 0 Å². The molecule has 0 radical (unpaired) electrons. The van der Waals surface area contributed by atoms with Crippen molar-refractivity contribution in [3.05, 3.63) is 83.0 Å². The summed E-state index contributed by atoms with van der Waals surface area (Å²) in [5.74, 6) is 0.000851. The lowest BCUT2D eigenvalue weighted by molar-refractivity contribution is -0.960. The van der Waals surface area contributed by atoms with Crippen molar-refractivity contribution in [1.82, 2.24) is 4.98 Å². The molecule has 3 heterocycles. The topological polar surface area (TPSA) is 50.2 Å². The normalized spacial score (nSPS) is 25.0. The predicted octanol–water partition coefficient (Wildman–Crippen LogP) is 6.89. The van der Waals surface area contributed by atoms with Crippen molar-refractivity contribution < 1.29 is 14.4 Å². The summed E-state index contributed by atoms with van der Waals surface area (Å²) in [7, 11) is 0. The zero-order valence-corrected chi connectivity index (χ0v) is 20.6. The third kappa shape index (κ3) is 4.73. The number of thiophene rings is 1. The van der Waals surface area contributed by atoms with E-state index in [9.17, 15) is 9.90 Å². The van der Waals surface area contributed by atoms with Crippen molar-refractivity contribution >= 4 is 22.9 Å². The van der Waals surface area contributed by atoms with Gasteiger partial charge in [-0.15, -0.1) is 11.3 Å². The highest BCUT2D eigenvalue weighted by Crippen LogP contribution is 2.41. The van der Waals surface area contributed by atoms with E-state index in [1.807, 2.05) is 30.6 Å². The predicted molar refractivity (Wildman–Crippen MR) is 139 cm³/mol. The van der Waals surface area contributed by atoms with Crippen molar-refractivity contribution in [3.63, 3.8) is 0 Å². The Morgan fingerprint density at radius 2 is 1.82 bits per heavy atom. The first kappa shape index (κ1) is 23.0. The second-order valence-corrected chi connectivity index (χ2v) is 11.1. The highest BCUT2D eigenvalue weighted by molar-refractivity contribution is 7.17. The molecule has 2 aromatic heterocycles. The van der Waals surface area contributed by atoms with Gasteiger partial charge in [-0.25, -0.2) is 4.79 Å². The van der Waals surface area contributed by atoms with Gasteiger partial charge >= 0.3 is 5.97 Å². The van der Waals surface area contributed by atoms with E-state index in [1.54, 1.807) is 0 Å². The fraction of sp³-hybridized carbons (Fsp3) is 0.379. The average Bonchev–Trinajstić information content (AvgIpc) is 3.32. The summed E-state index contributed by atoms with van der Waals surface area (Å²) in [4.78, 5) is 17.8. The summed E-state index contributed by atoms with van der Waals surface area (Å²) >= 11 is 1.39. The van der Waals surface area contributed by atoms with Crippen molar-refractivity contribution in [3.8, 4) is 10.4 Å². The number of hydrogen-bond acceptors (Lipinski definition) is 3. The van der Waals surface area contributed by atoms with Gasteiger partial charge in [-0.2, -0.15) is 0 Å². The van der Waals surface area contributed by atoms with Gasteiger partial charge in [0.25, 0.3) is 0 Å². The molecular weight excluding hydrogens is 440 g/mol. The minimum atomic E-state index is -0.826. The van der Waals surface area contributed by atoms with E-state index in [-0.39, 0.29) is 0 Å². The Bertz CT molecular complexity index is 1160. The monoisotopic (exact) mass is 473 g/mol. The number of quaternary nitrogens is 1. The minimum absolute atomic E-state index is 0.464. The summed E-state index contributed by atoms with van der Waals surface area (Å²) in [5, 5.41) is 9.96. The molecule has 5 rings (SSSR count). The van der Waals surface area contributed by atoms with Crippen LogP contribution in [-0.2, 0) is 6.54 Å². The Morgan fingerprint density at radius 3 is 2.47 bits per heavy atom. The van der Waals surface area contributed by atoms with Crippen LogP contribution in [0.1, 0.15) is 59.8 Å². The Labute approximate surface area is 206 Å². The molecule has 1 unspecified atom stereocenters. The smallest absolute Gasteiger partial charge is 0.346 e. The van der Waals surface area contributed by atoms with Crippen LogP contribution in [0.5, 0.6) is 0 Å². The second kappa shape index (κ2) is 9.85. The average molecular weight is 474 g/mol. The zero-order valence-electron chi connectivity index (χ0n) is 19.8. The van der Waals surface area contributed by atoms with Crippen LogP contribution >= 0.6 is 11.3 Å². The molecule has 34 heavy (non-hydrogen) atoms. The molecule has 0 bridgehead atoms. The fourth-order valence-electron chi connectivity index (χ4n) is 5.85. The van der Waals surface area contributed by atoms with E-state index in [0.29, 0.717) is 10.9 Å². The van der Waals surface area contributed by atoms with Crippen LogP contribution in [0.4, 0.5) is 0 Å². The standard InChI is InChI=1S/C29H32N2O2S/c1-21-7-9-25(10-8-21)31(20-22-11-15-30-16-12-22)17-13-23(14-18-31)26-19-27(34-28(26)29(32)33)24-5-3-2-4-6-24/h2-6,11-13,15-16,19,21,25H,7-10,14,17-18,20H2,1H3/p+1. The molecule has 4 nitrogen and oxygen atoms in total. The Balaban J connectivity index is 1.46. The molecule has 1 atom stereocenters. The van der Waals surface area contributed by atoms with E-state index < -0.39 is 5.97 Å². The summed E-state index contributed by atoms with van der Waals surface area (Å²) in [6.45, 7) is 5.43. The zero-order chi connectivity index (χ0) is 23.5. The number of hydrogen-bond donors (Lipinski definition) is 1. The number of aromatic carboxylic acids is 1. The molecule has 0 spiro atoms. The van der Waals surface area contributed by atoms with Crippen molar-refractivity contribution in [2.24, 2.45) is 5.92 Å². The first-order chi connectivity index (χ1) is 16.5. The molecule has 1 N–H and O–H groups in total. The highest BCUT2D eigenvalue weighted by atomic mass is 32.1. The van der Waals surface area contributed by atoms with E-state index in [4.69, 9.17) is 0 Å². The van der Waals surface area contributed by atoms with Gasteiger partial charge in [0, 0.05) is 34.8 Å². The number of benzene rings is 1. The first-order valence-electron chi connectivity index (χ1n) is 12.4. The number of aromatic nitrogens is 1. The van der Waals surface area contributed by atoms with E-state index in [0.717, 1.165) is 52.5 Å². The van der Waals surface area contributed by atoms with Gasteiger partial charge in [0.05, 0.1) is 19.1 Å². The van der Waals surface area contributed by atoms with Crippen LogP contribution in [0.2, 0.25) is 0 Å². The maximum atomic E-state index is 12.1. The molecule has 3 aromatic rings. The Morgan fingerprint density at radius 1 is 1.09 bits per heavy atom. The van der Waals surface area contributed by atoms with Gasteiger partial charge in [-0.1, -0.05) is 37.3 Å². The molecule has 0 saturated heterocycles. The molecule has 1 fully saturated rings. The maximum Gasteiger partial charge on any atom is 0.346 e. The van der Waals surface area contributed by atoms with Crippen LogP contribution in [0.15, 0.2) is 67.0 Å². The largest absolute Gasteiger partial charge is 0.477 e. The summed E-state index contributed by atoms with van der Waals surface area (Å²) < 4.78 is 1.08. The molecule has 1 aromatic carbocycles. The van der Waals surface area contributed by atoms with Crippen molar-refractivity contribution in [1.29, 1.82) is 0 Å². The number of carbonyl (C=O) groups is 1. The molecule has 2 aliphatic rings. The lowest BCUT2D eigenvalue weighted by atomic mass is 9.83. The van der Waals surface area contributed by atoms with Gasteiger partial charge in [0.2, 0.25) is 0 Å². The highest BCUT2D eigenvalue weighted by Gasteiger charge is 2.40. The molecule has 1 aliphatic heterocycles. The molecular formula is C29H33N2O2S+. The molecule has 1 aliphatic carbocycles. The molecule has 5 heteroatoms. The number of pyridine rings is 1. The lowest BCUT2D eigenvalue weighted by Crippen LogP contribution is -2.57. The molecule has 1 saturated carbocycles. The third-order valence-corrected chi connectivity index (χ3v) is 9.04. The SMILES string of the molecule is CC1CCC([N+]2(Cc3ccncc3)CC=C(c3cc(-c4ccccc4)sc3C(=O)O)CC2)CC1. The van der Waals surface area contributed by atoms with Gasteiger partial charge in [-0.05, 0) is 67.0 Å². The molecule has 176 valence electrons. The number of carboxylic acids is 1. The fourth-order valence-corrected chi connectivity index (χ4v) is 6.89. The summed E-state index contributed by atoms with van der Waals surface area (Å²) in [5.41, 5.74) is 4.54. The Kier molecular flexibility index (Phi) is 6.66. The van der Waals surface area contributed by atoms with Crippen LogP contribution in [-0.4, -0.2) is 39.7 Å². The Hall–Kier alpha value is -2.76. The number of rotatable bonds is 6. The van der Waals surface area contributed by atoms with E-state index in [1.165, 1.54) is 48.2 Å². The van der Waals surface area contributed by atoms with Crippen LogP contribution < -0.4 is 0 Å². The van der Waals surface area contributed by atoms with E-state index >= 15 is 0 Å².